The minimum absolute atomic E-state index is 0.271. The van der Waals surface area contributed by atoms with Crippen molar-refractivity contribution in [2.45, 2.75) is 53.0 Å². The van der Waals surface area contributed by atoms with Gasteiger partial charge in [-0.1, -0.05) is 20.8 Å². The van der Waals surface area contributed by atoms with Gasteiger partial charge in [-0.15, -0.1) is 0 Å². The van der Waals surface area contributed by atoms with Gasteiger partial charge in [0.05, 0.1) is 5.75 Å². The van der Waals surface area contributed by atoms with E-state index in [0.717, 1.165) is 6.42 Å². The lowest BCUT2D eigenvalue weighted by Crippen LogP contribution is -2.31. The number of sulfone groups is 1. The van der Waals surface area contributed by atoms with E-state index in [1.807, 2.05) is 6.92 Å². The Labute approximate surface area is 101 Å². The quantitative estimate of drug-likeness (QED) is 0.681. The monoisotopic (exact) mass is 249 g/mol. The van der Waals surface area contributed by atoms with Gasteiger partial charge < -0.3 is 5.32 Å². The van der Waals surface area contributed by atoms with E-state index in [1.165, 1.54) is 6.42 Å². The summed E-state index contributed by atoms with van der Waals surface area (Å²) in [5.74, 6) is 1.30. The third kappa shape index (κ3) is 9.16. The van der Waals surface area contributed by atoms with Crippen LogP contribution in [0.3, 0.4) is 0 Å². The van der Waals surface area contributed by atoms with Crippen LogP contribution in [0.1, 0.15) is 47.0 Å². The van der Waals surface area contributed by atoms with Crippen molar-refractivity contribution in [1.29, 1.82) is 0 Å². The number of hydrogen-bond acceptors (Lipinski definition) is 3. The fraction of sp³-hybridized carbons (Fsp3) is 1.00. The molecule has 0 aliphatic heterocycles. The van der Waals surface area contributed by atoms with Crippen LogP contribution in [0.4, 0.5) is 0 Å². The van der Waals surface area contributed by atoms with E-state index in [2.05, 4.69) is 26.1 Å². The van der Waals surface area contributed by atoms with Crippen molar-refractivity contribution in [2.24, 2.45) is 5.92 Å². The minimum Gasteiger partial charge on any atom is -0.313 e. The van der Waals surface area contributed by atoms with Gasteiger partial charge in [-0.05, 0) is 32.1 Å². The molecule has 0 aromatic rings. The molecule has 16 heavy (non-hydrogen) atoms. The van der Waals surface area contributed by atoms with E-state index in [0.29, 0.717) is 30.7 Å². The molecule has 0 heterocycles. The van der Waals surface area contributed by atoms with E-state index in [4.69, 9.17) is 0 Å². The molecule has 0 bridgehead atoms. The van der Waals surface area contributed by atoms with Gasteiger partial charge in [-0.3, -0.25) is 0 Å². The summed E-state index contributed by atoms with van der Waals surface area (Å²) in [5.41, 5.74) is 0. The van der Waals surface area contributed by atoms with Crippen molar-refractivity contribution in [2.75, 3.05) is 18.1 Å². The average Bonchev–Trinajstić information content (AvgIpc) is 2.14. The molecule has 98 valence electrons. The van der Waals surface area contributed by atoms with Crippen LogP contribution in [-0.2, 0) is 9.84 Å². The molecule has 1 N–H and O–H groups in total. The first-order chi connectivity index (χ1) is 7.37. The third-order valence-electron chi connectivity index (χ3n) is 2.60. The zero-order chi connectivity index (χ0) is 12.6. The predicted octanol–water partition coefficient (Wildman–Crippen LogP) is 2.23. The summed E-state index contributed by atoms with van der Waals surface area (Å²) < 4.78 is 22.9. The molecule has 3 nitrogen and oxygen atoms in total. The Kier molecular flexibility index (Phi) is 8.02. The first-order valence-electron chi connectivity index (χ1n) is 6.31. The molecule has 1 unspecified atom stereocenters. The van der Waals surface area contributed by atoms with Crippen molar-refractivity contribution in [1.82, 2.24) is 5.32 Å². The van der Waals surface area contributed by atoms with Crippen LogP contribution in [-0.4, -0.2) is 32.5 Å². The Hall–Kier alpha value is -0.0900. The zero-order valence-electron chi connectivity index (χ0n) is 11.1. The summed E-state index contributed by atoms with van der Waals surface area (Å²) in [4.78, 5) is 0. The van der Waals surface area contributed by atoms with Crippen molar-refractivity contribution in [3.8, 4) is 0 Å². The highest BCUT2D eigenvalue weighted by Gasteiger charge is 2.09. The highest BCUT2D eigenvalue weighted by atomic mass is 32.2. The second-order valence-electron chi connectivity index (χ2n) is 4.98. The maximum Gasteiger partial charge on any atom is 0.151 e. The van der Waals surface area contributed by atoms with Crippen LogP contribution in [0, 0.1) is 5.92 Å². The smallest absolute Gasteiger partial charge is 0.151 e. The van der Waals surface area contributed by atoms with Crippen LogP contribution in [0.25, 0.3) is 0 Å². The number of hydrogen-bond donors (Lipinski definition) is 1. The molecule has 0 saturated carbocycles. The largest absolute Gasteiger partial charge is 0.313 e. The zero-order valence-corrected chi connectivity index (χ0v) is 11.9. The Morgan fingerprint density at radius 2 is 1.69 bits per heavy atom. The van der Waals surface area contributed by atoms with E-state index in [9.17, 15) is 8.42 Å². The van der Waals surface area contributed by atoms with Crippen LogP contribution in [0.2, 0.25) is 0 Å². The SMILES string of the molecule is CCCS(=O)(=O)CCNC(C)CCC(C)C. The lowest BCUT2D eigenvalue weighted by atomic mass is 10.0. The second-order valence-corrected chi connectivity index (χ2v) is 7.28. The number of rotatable bonds is 9. The van der Waals surface area contributed by atoms with Gasteiger partial charge in [0.15, 0.2) is 9.84 Å². The lowest BCUT2D eigenvalue weighted by molar-refractivity contribution is 0.459. The lowest BCUT2D eigenvalue weighted by Gasteiger charge is -2.14. The normalized spacial score (nSPS) is 14.3. The standard InChI is InChI=1S/C12H27NO2S/c1-5-9-16(14,15)10-8-13-12(4)7-6-11(2)3/h11-13H,5-10H2,1-4H3. The molecule has 0 aromatic heterocycles. The molecule has 0 amide bonds. The van der Waals surface area contributed by atoms with Gasteiger partial charge >= 0.3 is 0 Å². The molecule has 0 rings (SSSR count). The summed E-state index contributed by atoms with van der Waals surface area (Å²) in [6.07, 6.45) is 3.02. The Morgan fingerprint density at radius 1 is 1.06 bits per heavy atom. The predicted molar refractivity (Wildman–Crippen MR) is 70.5 cm³/mol. The van der Waals surface area contributed by atoms with Gasteiger partial charge in [0.25, 0.3) is 0 Å². The fourth-order valence-electron chi connectivity index (χ4n) is 1.56. The highest BCUT2D eigenvalue weighted by Crippen LogP contribution is 2.06. The van der Waals surface area contributed by atoms with Gasteiger partial charge in [0, 0.05) is 18.3 Å². The maximum atomic E-state index is 11.4. The van der Waals surface area contributed by atoms with E-state index in [-0.39, 0.29) is 5.75 Å². The maximum absolute atomic E-state index is 11.4. The molecule has 0 aromatic carbocycles. The molecular weight excluding hydrogens is 222 g/mol. The topological polar surface area (TPSA) is 46.2 Å². The van der Waals surface area contributed by atoms with E-state index in [1.54, 1.807) is 0 Å². The molecular formula is C12H27NO2S. The first-order valence-corrected chi connectivity index (χ1v) is 8.13. The van der Waals surface area contributed by atoms with Gasteiger partial charge in [0.1, 0.15) is 0 Å². The molecule has 0 saturated heterocycles. The van der Waals surface area contributed by atoms with Crippen LogP contribution in [0.15, 0.2) is 0 Å². The molecule has 0 radical (unpaired) electrons. The first kappa shape index (κ1) is 15.9. The summed E-state index contributed by atoms with van der Waals surface area (Å²) in [6.45, 7) is 9.02. The van der Waals surface area contributed by atoms with Gasteiger partial charge in [0.2, 0.25) is 0 Å². The molecule has 0 aliphatic carbocycles. The van der Waals surface area contributed by atoms with Crippen LogP contribution in [0.5, 0.6) is 0 Å². The molecule has 1 atom stereocenters. The van der Waals surface area contributed by atoms with Crippen molar-refractivity contribution in [3.05, 3.63) is 0 Å². The highest BCUT2D eigenvalue weighted by molar-refractivity contribution is 7.91. The fourth-order valence-corrected chi connectivity index (χ4v) is 2.81. The van der Waals surface area contributed by atoms with E-state index >= 15 is 0 Å². The van der Waals surface area contributed by atoms with Gasteiger partial charge in [-0.25, -0.2) is 8.42 Å². The minimum atomic E-state index is -2.82. The van der Waals surface area contributed by atoms with Crippen molar-refractivity contribution < 1.29 is 8.42 Å². The summed E-state index contributed by atoms with van der Waals surface area (Å²) >= 11 is 0. The second kappa shape index (κ2) is 8.07. The summed E-state index contributed by atoms with van der Waals surface area (Å²) in [6, 6.07) is 0.416. The molecule has 0 aliphatic rings. The summed E-state index contributed by atoms with van der Waals surface area (Å²) in [5, 5.41) is 3.27. The van der Waals surface area contributed by atoms with E-state index < -0.39 is 9.84 Å². The molecule has 0 fully saturated rings. The van der Waals surface area contributed by atoms with Crippen molar-refractivity contribution in [3.63, 3.8) is 0 Å². The Morgan fingerprint density at radius 3 is 2.19 bits per heavy atom. The Bertz CT molecular complexity index is 260. The number of nitrogens with one attached hydrogen (secondary N) is 1. The molecule has 0 spiro atoms. The third-order valence-corrected chi connectivity index (χ3v) is 4.45. The van der Waals surface area contributed by atoms with Crippen molar-refractivity contribution >= 4 is 9.84 Å². The average molecular weight is 249 g/mol. The summed E-state index contributed by atoms with van der Waals surface area (Å²) in [7, 11) is -2.82. The Balaban J connectivity index is 3.65. The van der Waals surface area contributed by atoms with Gasteiger partial charge in [-0.2, -0.15) is 0 Å². The van der Waals surface area contributed by atoms with Crippen LogP contribution >= 0.6 is 0 Å². The molecule has 4 heteroatoms. The van der Waals surface area contributed by atoms with Crippen LogP contribution < -0.4 is 5.32 Å².